The number of aromatic nitrogens is 4. The SMILES string of the molecule is Cc1cnc(N2C[C@@H]3CCC[C@]3(c3nnc(C4CC4)o3)C2)nc1C. The van der Waals surface area contributed by atoms with Gasteiger partial charge < -0.3 is 9.32 Å². The number of hydrogen-bond acceptors (Lipinski definition) is 6. The lowest BCUT2D eigenvalue weighted by Crippen LogP contribution is -2.33. The second kappa shape index (κ2) is 5.01. The first-order chi connectivity index (χ1) is 11.7. The van der Waals surface area contributed by atoms with Crippen molar-refractivity contribution in [1.29, 1.82) is 0 Å². The molecule has 3 fully saturated rings. The fraction of sp³-hybridized carbons (Fsp3) is 0.667. The lowest BCUT2D eigenvalue weighted by Gasteiger charge is -2.24. The number of anilines is 1. The van der Waals surface area contributed by atoms with Crippen LogP contribution < -0.4 is 4.90 Å². The monoisotopic (exact) mass is 325 g/mol. The van der Waals surface area contributed by atoms with Crippen molar-refractivity contribution >= 4 is 5.95 Å². The molecule has 6 heteroatoms. The van der Waals surface area contributed by atoms with Gasteiger partial charge in [0.05, 0.1) is 5.41 Å². The van der Waals surface area contributed by atoms with Gasteiger partial charge in [-0.1, -0.05) is 6.42 Å². The topological polar surface area (TPSA) is 67.9 Å². The Morgan fingerprint density at radius 2 is 2.08 bits per heavy atom. The highest BCUT2D eigenvalue weighted by molar-refractivity contribution is 5.39. The molecular weight excluding hydrogens is 302 g/mol. The van der Waals surface area contributed by atoms with E-state index in [1.165, 1.54) is 25.7 Å². The molecule has 2 aromatic rings. The Bertz CT molecular complexity index is 783. The van der Waals surface area contributed by atoms with Gasteiger partial charge in [-0.05, 0) is 51.0 Å². The van der Waals surface area contributed by atoms with Gasteiger partial charge >= 0.3 is 0 Å². The molecule has 0 N–H and O–H groups in total. The van der Waals surface area contributed by atoms with E-state index in [-0.39, 0.29) is 5.41 Å². The van der Waals surface area contributed by atoms with E-state index in [1.807, 2.05) is 13.1 Å². The second-order valence-electron chi connectivity index (χ2n) is 7.78. The zero-order valence-electron chi connectivity index (χ0n) is 14.3. The molecule has 0 bridgehead atoms. The summed E-state index contributed by atoms with van der Waals surface area (Å²) in [5.74, 6) is 3.64. The van der Waals surface area contributed by atoms with Crippen molar-refractivity contribution in [2.24, 2.45) is 5.92 Å². The second-order valence-corrected chi connectivity index (χ2v) is 7.78. The van der Waals surface area contributed by atoms with Gasteiger partial charge in [-0.25, -0.2) is 9.97 Å². The van der Waals surface area contributed by atoms with Crippen LogP contribution in [0.5, 0.6) is 0 Å². The predicted octanol–water partition coefficient (Wildman–Crippen LogP) is 2.91. The summed E-state index contributed by atoms with van der Waals surface area (Å²) in [6, 6.07) is 0. The molecule has 2 aromatic heterocycles. The average Bonchev–Trinajstić information content (AvgIpc) is 3.01. The molecular formula is C18H23N5O. The Morgan fingerprint density at radius 3 is 2.88 bits per heavy atom. The molecule has 0 radical (unpaired) electrons. The molecule has 24 heavy (non-hydrogen) atoms. The molecule has 3 heterocycles. The van der Waals surface area contributed by atoms with E-state index in [4.69, 9.17) is 9.40 Å². The Balaban J connectivity index is 1.47. The van der Waals surface area contributed by atoms with E-state index in [1.54, 1.807) is 0 Å². The first-order valence-electron chi connectivity index (χ1n) is 9.05. The van der Waals surface area contributed by atoms with Crippen LogP contribution in [0, 0.1) is 19.8 Å². The minimum Gasteiger partial charge on any atom is -0.424 e. The molecule has 6 nitrogen and oxygen atoms in total. The number of fused-ring (bicyclic) bond motifs is 1. The van der Waals surface area contributed by atoms with E-state index in [9.17, 15) is 0 Å². The summed E-state index contributed by atoms with van der Waals surface area (Å²) in [7, 11) is 0. The summed E-state index contributed by atoms with van der Waals surface area (Å²) in [4.78, 5) is 11.6. The maximum absolute atomic E-state index is 6.13. The molecule has 1 aliphatic heterocycles. The van der Waals surface area contributed by atoms with Crippen molar-refractivity contribution in [3.05, 3.63) is 29.2 Å². The molecule has 3 aliphatic rings. The van der Waals surface area contributed by atoms with Crippen molar-refractivity contribution in [1.82, 2.24) is 20.2 Å². The normalized spacial score (nSPS) is 29.2. The lowest BCUT2D eigenvalue weighted by molar-refractivity contribution is 0.296. The van der Waals surface area contributed by atoms with Crippen LogP contribution in [0.1, 0.15) is 61.1 Å². The number of rotatable bonds is 3. The summed E-state index contributed by atoms with van der Waals surface area (Å²) in [5.41, 5.74) is 2.20. The number of hydrogen-bond donors (Lipinski definition) is 0. The molecule has 2 saturated carbocycles. The summed E-state index contributed by atoms with van der Waals surface area (Å²) < 4.78 is 6.13. The average molecular weight is 325 g/mol. The van der Waals surface area contributed by atoms with Crippen LogP contribution in [-0.4, -0.2) is 33.3 Å². The first-order valence-corrected chi connectivity index (χ1v) is 9.05. The fourth-order valence-electron chi connectivity index (χ4n) is 4.39. The molecule has 0 spiro atoms. The van der Waals surface area contributed by atoms with Crippen LogP contribution in [0.25, 0.3) is 0 Å². The molecule has 0 amide bonds. The van der Waals surface area contributed by atoms with Crippen molar-refractivity contribution in [2.75, 3.05) is 18.0 Å². The highest BCUT2D eigenvalue weighted by atomic mass is 16.4. The molecule has 2 atom stereocenters. The molecule has 1 saturated heterocycles. The van der Waals surface area contributed by atoms with E-state index in [2.05, 4.69) is 27.0 Å². The molecule has 0 unspecified atom stereocenters. The number of nitrogens with zero attached hydrogens (tertiary/aromatic N) is 5. The summed E-state index contributed by atoms with van der Waals surface area (Å²) in [6.07, 6.45) is 7.92. The van der Waals surface area contributed by atoms with E-state index in [0.29, 0.717) is 11.8 Å². The third kappa shape index (κ3) is 2.08. The van der Waals surface area contributed by atoms with Crippen LogP contribution in [0.4, 0.5) is 5.95 Å². The van der Waals surface area contributed by atoms with Gasteiger partial charge in [-0.15, -0.1) is 10.2 Å². The summed E-state index contributed by atoms with van der Waals surface area (Å²) in [5, 5.41) is 8.80. The molecule has 2 aliphatic carbocycles. The molecule has 5 rings (SSSR count). The van der Waals surface area contributed by atoms with Crippen molar-refractivity contribution in [2.45, 2.75) is 57.3 Å². The van der Waals surface area contributed by atoms with Gasteiger partial charge in [0, 0.05) is 30.9 Å². The fourth-order valence-corrected chi connectivity index (χ4v) is 4.39. The Labute approximate surface area is 141 Å². The Hall–Kier alpha value is -1.98. The minimum absolute atomic E-state index is 0.00227. The first kappa shape index (κ1) is 14.4. The van der Waals surface area contributed by atoms with Gasteiger partial charge in [-0.3, -0.25) is 0 Å². The van der Waals surface area contributed by atoms with E-state index >= 15 is 0 Å². The molecule has 126 valence electrons. The third-order valence-corrected chi connectivity index (χ3v) is 6.16. The van der Waals surface area contributed by atoms with Crippen molar-refractivity contribution in [3.8, 4) is 0 Å². The van der Waals surface area contributed by atoms with Crippen LogP contribution >= 0.6 is 0 Å². The van der Waals surface area contributed by atoms with Gasteiger partial charge in [0.25, 0.3) is 0 Å². The van der Waals surface area contributed by atoms with Crippen molar-refractivity contribution in [3.63, 3.8) is 0 Å². The van der Waals surface area contributed by atoms with Gasteiger partial charge in [0.1, 0.15) is 0 Å². The van der Waals surface area contributed by atoms with Crippen LogP contribution in [-0.2, 0) is 5.41 Å². The lowest BCUT2D eigenvalue weighted by atomic mass is 9.80. The minimum atomic E-state index is 0.00227. The van der Waals surface area contributed by atoms with Crippen LogP contribution in [0.15, 0.2) is 10.6 Å². The number of aryl methyl sites for hydroxylation is 2. The summed E-state index contributed by atoms with van der Waals surface area (Å²) in [6.45, 7) is 5.99. The van der Waals surface area contributed by atoms with Crippen molar-refractivity contribution < 1.29 is 4.42 Å². The van der Waals surface area contributed by atoms with Gasteiger partial charge in [0.15, 0.2) is 0 Å². The Morgan fingerprint density at radius 1 is 1.21 bits per heavy atom. The quantitative estimate of drug-likeness (QED) is 0.864. The van der Waals surface area contributed by atoms with E-state index < -0.39 is 0 Å². The maximum Gasteiger partial charge on any atom is 0.225 e. The van der Waals surface area contributed by atoms with E-state index in [0.717, 1.165) is 48.5 Å². The smallest absolute Gasteiger partial charge is 0.225 e. The van der Waals surface area contributed by atoms with Gasteiger partial charge in [-0.2, -0.15) is 0 Å². The zero-order valence-corrected chi connectivity index (χ0v) is 14.3. The summed E-state index contributed by atoms with van der Waals surface area (Å²) >= 11 is 0. The van der Waals surface area contributed by atoms with Crippen LogP contribution in [0.2, 0.25) is 0 Å². The Kier molecular flexibility index (Phi) is 3.00. The standard InChI is InChI=1S/C18H23N5O/c1-11-8-19-17(20-12(11)2)23-9-14-4-3-7-18(14,10-23)16-22-21-15(24-16)13-5-6-13/h8,13-14H,3-7,9-10H2,1-2H3/t14-,18-/m0/s1. The highest BCUT2D eigenvalue weighted by Crippen LogP contribution is 2.51. The third-order valence-electron chi connectivity index (χ3n) is 6.16. The zero-order chi connectivity index (χ0) is 16.3. The van der Waals surface area contributed by atoms with Crippen LogP contribution in [0.3, 0.4) is 0 Å². The molecule has 0 aromatic carbocycles. The predicted molar refractivity (Wildman–Crippen MR) is 89.0 cm³/mol. The van der Waals surface area contributed by atoms with Gasteiger partial charge in [0.2, 0.25) is 17.7 Å². The highest BCUT2D eigenvalue weighted by Gasteiger charge is 2.55. The largest absolute Gasteiger partial charge is 0.424 e. The maximum atomic E-state index is 6.13.